The van der Waals surface area contributed by atoms with Gasteiger partial charge < -0.3 is 15.1 Å². The summed E-state index contributed by atoms with van der Waals surface area (Å²) in [6.07, 6.45) is 3.97. The number of amides is 3. The average Bonchev–Trinajstić information content (AvgIpc) is 3.27. The maximum absolute atomic E-state index is 12.6. The number of carbonyl (C=O) groups excluding carboxylic acids is 2. The number of carbonyl (C=O) groups is 2. The third-order valence-corrected chi connectivity index (χ3v) is 6.89. The highest BCUT2D eigenvalue weighted by Gasteiger charge is 2.36. The topological polar surface area (TPSA) is 86.8 Å². The third kappa shape index (κ3) is 3.97. The number of urea groups is 1. The lowest BCUT2D eigenvalue weighted by atomic mass is 9.95. The number of hydrogen-bond acceptors (Lipinski definition) is 4. The molecule has 0 aromatic rings. The fourth-order valence-electron chi connectivity index (χ4n) is 3.37. The van der Waals surface area contributed by atoms with Gasteiger partial charge in [-0.25, -0.2) is 13.2 Å². The lowest BCUT2D eigenvalue weighted by Gasteiger charge is -2.34. The summed E-state index contributed by atoms with van der Waals surface area (Å²) in [5.74, 6) is 0.176. The van der Waals surface area contributed by atoms with E-state index in [2.05, 4.69) is 5.32 Å². The standard InChI is InChI=1S/C15H25N3O4S/c1-17(13-6-9-23(21,22)10-13)14(19)11-4-7-18(8-5-11)15(20)16-12-2-3-12/h11-13H,2-10H2,1H3,(H,16,20). The molecule has 3 rings (SSSR count). The summed E-state index contributed by atoms with van der Waals surface area (Å²) in [5, 5.41) is 2.97. The Morgan fingerprint density at radius 3 is 2.26 bits per heavy atom. The van der Waals surface area contributed by atoms with E-state index in [1.165, 1.54) is 0 Å². The van der Waals surface area contributed by atoms with E-state index in [1.54, 1.807) is 16.8 Å². The molecule has 1 saturated carbocycles. The number of hydrogen-bond donors (Lipinski definition) is 1. The van der Waals surface area contributed by atoms with Gasteiger partial charge in [0.05, 0.1) is 11.5 Å². The molecule has 23 heavy (non-hydrogen) atoms. The second-order valence-corrected chi connectivity index (χ2v) is 9.22. The first kappa shape index (κ1) is 16.5. The van der Waals surface area contributed by atoms with Gasteiger partial charge in [0.1, 0.15) is 0 Å². The van der Waals surface area contributed by atoms with Crippen LogP contribution < -0.4 is 5.32 Å². The number of rotatable bonds is 3. The number of sulfone groups is 1. The van der Waals surface area contributed by atoms with Crippen LogP contribution in [0.4, 0.5) is 4.79 Å². The summed E-state index contributed by atoms with van der Waals surface area (Å²) < 4.78 is 23.1. The van der Waals surface area contributed by atoms with Crippen molar-refractivity contribution in [3.63, 3.8) is 0 Å². The van der Waals surface area contributed by atoms with Gasteiger partial charge in [-0.2, -0.15) is 0 Å². The fraction of sp³-hybridized carbons (Fsp3) is 0.867. The molecule has 0 spiro atoms. The Labute approximate surface area is 137 Å². The minimum absolute atomic E-state index is 0.0198. The number of piperidine rings is 1. The van der Waals surface area contributed by atoms with Crippen LogP contribution in [-0.2, 0) is 14.6 Å². The van der Waals surface area contributed by atoms with Crippen molar-refractivity contribution in [3.05, 3.63) is 0 Å². The van der Waals surface area contributed by atoms with Crippen molar-refractivity contribution >= 4 is 21.8 Å². The monoisotopic (exact) mass is 343 g/mol. The zero-order valence-electron chi connectivity index (χ0n) is 13.5. The molecule has 1 atom stereocenters. The van der Waals surface area contributed by atoms with Crippen LogP contribution in [-0.4, -0.2) is 73.9 Å². The van der Waals surface area contributed by atoms with Crippen LogP contribution in [0.5, 0.6) is 0 Å². The van der Waals surface area contributed by atoms with Crippen molar-refractivity contribution < 1.29 is 18.0 Å². The predicted octanol–water partition coefficient (Wildman–Crippen LogP) is 0.216. The van der Waals surface area contributed by atoms with Gasteiger partial charge in [0.15, 0.2) is 9.84 Å². The quantitative estimate of drug-likeness (QED) is 0.794. The Morgan fingerprint density at radius 2 is 1.74 bits per heavy atom. The highest BCUT2D eigenvalue weighted by Crippen LogP contribution is 2.24. The van der Waals surface area contributed by atoms with Gasteiger partial charge in [-0.1, -0.05) is 0 Å². The number of nitrogens with one attached hydrogen (secondary N) is 1. The molecule has 1 unspecified atom stereocenters. The molecule has 3 amide bonds. The van der Waals surface area contributed by atoms with Crippen LogP contribution >= 0.6 is 0 Å². The molecule has 0 aromatic heterocycles. The smallest absolute Gasteiger partial charge is 0.317 e. The first-order valence-corrected chi connectivity index (χ1v) is 10.2. The van der Waals surface area contributed by atoms with E-state index in [0.29, 0.717) is 38.4 Å². The molecular weight excluding hydrogens is 318 g/mol. The van der Waals surface area contributed by atoms with Crippen LogP contribution in [0.1, 0.15) is 32.1 Å². The van der Waals surface area contributed by atoms with Crippen LogP contribution in [0.15, 0.2) is 0 Å². The second kappa shape index (κ2) is 6.30. The van der Waals surface area contributed by atoms with Gasteiger partial charge >= 0.3 is 6.03 Å². The second-order valence-electron chi connectivity index (χ2n) is 6.99. The molecule has 8 heteroatoms. The van der Waals surface area contributed by atoms with Gasteiger partial charge in [0.2, 0.25) is 5.91 Å². The van der Waals surface area contributed by atoms with Crippen molar-refractivity contribution in [1.82, 2.24) is 15.1 Å². The maximum Gasteiger partial charge on any atom is 0.317 e. The number of nitrogens with zero attached hydrogens (tertiary/aromatic N) is 2. The zero-order chi connectivity index (χ0) is 16.6. The molecule has 3 fully saturated rings. The third-order valence-electron chi connectivity index (χ3n) is 5.14. The molecule has 2 heterocycles. The first-order valence-electron chi connectivity index (χ1n) is 8.38. The molecule has 0 aromatic carbocycles. The van der Waals surface area contributed by atoms with Gasteiger partial charge in [0, 0.05) is 38.1 Å². The van der Waals surface area contributed by atoms with E-state index in [4.69, 9.17) is 0 Å². The largest absolute Gasteiger partial charge is 0.341 e. The Bertz CT molecular complexity index is 580. The summed E-state index contributed by atoms with van der Waals surface area (Å²) in [5.41, 5.74) is 0. The molecule has 130 valence electrons. The average molecular weight is 343 g/mol. The summed E-state index contributed by atoms with van der Waals surface area (Å²) in [4.78, 5) is 28.0. The lowest BCUT2D eigenvalue weighted by Crippen LogP contribution is -2.49. The molecule has 2 aliphatic heterocycles. The molecule has 1 aliphatic carbocycles. The summed E-state index contributed by atoms with van der Waals surface area (Å²) in [7, 11) is -1.28. The SMILES string of the molecule is CN(C(=O)C1CCN(C(=O)NC2CC2)CC1)C1CCS(=O)(=O)C1. The minimum atomic E-state index is -2.99. The van der Waals surface area contributed by atoms with E-state index in [0.717, 1.165) is 12.8 Å². The normalized spacial score (nSPS) is 27.7. The molecule has 7 nitrogen and oxygen atoms in total. The van der Waals surface area contributed by atoms with Crippen molar-refractivity contribution in [1.29, 1.82) is 0 Å². The summed E-state index contributed by atoms with van der Waals surface area (Å²) >= 11 is 0. The van der Waals surface area contributed by atoms with Crippen LogP contribution in [0, 0.1) is 5.92 Å². The minimum Gasteiger partial charge on any atom is -0.341 e. The zero-order valence-corrected chi connectivity index (χ0v) is 14.3. The fourth-order valence-corrected chi connectivity index (χ4v) is 5.15. The predicted molar refractivity (Wildman–Crippen MR) is 85.7 cm³/mol. The van der Waals surface area contributed by atoms with Gasteiger partial charge in [-0.15, -0.1) is 0 Å². The van der Waals surface area contributed by atoms with E-state index in [9.17, 15) is 18.0 Å². The van der Waals surface area contributed by atoms with Crippen molar-refractivity contribution in [2.75, 3.05) is 31.6 Å². The molecule has 0 bridgehead atoms. The van der Waals surface area contributed by atoms with Crippen molar-refractivity contribution in [3.8, 4) is 0 Å². The van der Waals surface area contributed by atoms with E-state index in [1.807, 2.05) is 0 Å². The Balaban J connectivity index is 1.48. The first-order chi connectivity index (χ1) is 10.9. The molecule has 1 N–H and O–H groups in total. The van der Waals surface area contributed by atoms with Gasteiger partial charge in [0.25, 0.3) is 0 Å². The Hall–Kier alpha value is -1.31. The Kier molecular flexibility index (Phi) is 4.53. The highest BCUT2D eigenvalue weighted by molar-refractivity contribution is 7.91. The summed E-state index contributed by atoms with van der Waals surface area (Å²) in [6, 6.07) is 0.134. The van der Waals surface area contributed by atoms with Gasteiger partial charge in [-0.05, 0) is 32.1 Å². The van der Waals surface area contributed by atoms with E-state index >= 15 is 0 Å². The summed E-state index contributed by atoms with van der Waals surface area (Å²) in [6.45, 7) is 1.18. The number of likely N-dealkylation sites (tertiary alicyclic amines) is 1. The molecule has 2 saturated heterocycles. The van der Waals surface area contributed by atoms with Crippen molar-refractivity contribution in [2.24, 2.45) is 5.92 Å². The van der Waals surface area contributed by atoms with E-state index in [-0.39, 0.29) is 35.4 Å². The van der Waals surface area contributed by atoms with Crippen molar-refractivity contribution in [2.45, 2.75) is 44.2 Å². The van der Waals surface area contributed by atoms with Crippen LogP contribution in [0.2, 0.25) is 0 Å². The van der Waals surface area contributed by atoms with Crippen LogP contribution in [0.3, 0.4) is 0 Å². The Morgan fingerprint density at radius 1 is 1.09 bits per heavy atom. The maximum atomic E-state index is 12.6. The van der Waals surface area contributed by atoms with Crippen LogP contribution in [0.25, 0.3) is 0 Å². The van der Waals surface area contributed by atoms with E-state index < -0.39 is 9.84 Å². The highest BCUT2D eigenvalue weighted by atomic mass is 32.2. The van der Waals surface area contributed by atoms with Gasteiger partial charge in [-0.3, -0.25) is 4.79 Å². The lowest BCUT2D eigenvalue weighted by molar-refractivity contribution is -0.137. The molecular formula is C15H25N3O4S. The molecule has 0 radical (unpaired) electrons. The molecule has 3 aliphatic rings.